The van der Waals surface area contributed by atoms with Gasteiger partial charge in [0.2, 0.25) is 5.91 Å². The van der Waals surface area contributed by atoms with Gasteiger partial charge in [-0.05, 0) is 19.1 Å². The minimum absolute atomic E-state index is 0.0652. The molecule has 0 bridgehead atoms. The first kappa shape index (κ1) is 13.0. The third-order valence-electron chi connectivity index (χ3n) is 2.27. The third kappa shape index (κ3) is 4.11. The highest BCUT2D eigenvalue weighted by Crippen LogP contribution is 2.16. The van der Waals surface area contributed by atoms with Crippen LogP contribution in [-0.4, -0.2) is 19.0 Å². The van der Waals surface area contributed by atoms with Gasteiger partial charge in [-0.3, -0.25) is 4.79 Å². The molecule has 2 N–H and O–H groups in total. The van der Waals surface area contributed by atoms with Crippen LogP contribution in [0.15, 0.2) is 18.2 Å². The van der Waals surface area contributed by atoms with Crippen molar-refractivity contribution in [3.63, 3.8) is 0 Å². The predicted octanol–water partition coefficient (Wildman–Crippen LogP) is 1.58. The lowest BCUT2D eigenvalue weighted by Gasteiger charge is -2.09. The molecule has 0 atom stereocenters. The molecule has 0 aliphatic rings. The Balaban J connectivity index is 2.43. The molecule has 0 aromatic heterocycles. The smallest absolute Gasteiger partial charge is 0.239 e. The summed E-state index contributed by atoms with van der Waals surface area (Å²) in [7, 11) is 0. The minimum atomic E-state index is -0.306. The fourth-order valence-corrected chi connectivity index (χ4v) is 1.29. The molecule has 0 aliphatic carbocycles. The summed E-state index contributed by atoms with van der Waals surface area (Å²) >= 11 is 0. The summed E-state index contributed by atoms with van der Waals surface area (Å²) in [4.78, 5) is 11.3. The standard InChI is InChI=1S/C12H14FN3O/c1-9-10(13)4-2-5-11(9)16-8-12(17)15-7-3-6-14/h2,4-5,16H,3,7-8H2,1H3,(H,15,17). The summed E-state index contributed by atoms with van der Waals surface area (Å²) in [6, 6.07) is 6.59. The molecule has 1 rings (SSSR count). The Bertz CT molecular complexity index is 440. The van der Waals surface area contributed by atoms with Crippen LogP contribution < -0.4 is 10.6 Å². The second-order valence-corrected chi connectivity index (χ2v) is 3.52. The van der Waals surface area contributed by atoms with E-state index in [2.05, 4.69) is 10.6 Å². The molecule has 1 amide bonds. The van der Waals surface area contributed by atoms with Crippen molar-refractivity contribution in [3.8, 4) is 6.07 Å². The fourth-order valence-electron chi connectivity index (χ4n) is 1.29. The van der Waals surface area contributed by atoms with Crippen molar-refractivity contribution in [2.45, 2.75) is 13.3 Å². The molecule has 1 aromatic carbocycles. The maximum atomic E-state index is 13.2. The van der Waals surface area contributed by atoms with Crippen LogP contribution in [0.3, 0.4) is 0 Å². The van der Waals surface area contributed by atoms with Crippen molar-refractivity contribution >= 4 is 11.6 Å². The zero-order valence-electron chi connectivity index (χ0n) is 9.59. The second-order valence-electron chi connectivity index (χ2n) is 3.52. The summed E-state index contributed by atoms with van der Waals surface area (Å²) < 4.78 is 13.2. The predicted molar refractivity (Wildman–Crippen MR) is 62.9 cm³/mol. The van der Waals surface area contributed by atoms with Crippen LogP contribution in [0.4, 0.5) is 10.1 Å². The molecule has 0 heterocycles. The van der Waals surface area contributed by atoms with E-state index in [4.69, 9.17) is 5.26 Å². The lowest BCUT2D eigenvalue weighted by Crippen LogP contribution is -2.30. The van der Waals surface area contributed by atoms with E-state index in [1.807, 2.05) is 6.07 Å². The van der Waals surface area contributed by atoms with E-state index in [-0.39, 0.29) is 24.7 Å². The Kier molecular flexibility index (Phi) is 4.95. The minimum Gasteiger partial charge on any atom is -0.376 e. The molecular formula is C12H14FN3O. The Morgan fingerprint density at radius 1 is 1.53 bits per heavy atom. The average Bonchev–Trinajstić information content (AvgIpc) is 2.31. The molecule has 0 fully saturated rings. The lowest BCUT2D eigenvalue weighted by molar-refractivity contribution is -0.119. The number of benzene rings is 1. The number of hydrogen-bond donors (Lipinski definition) is 2. The Labute approximate surface area is 99.4 Å². The van der Waals surface area contributed by atoms with Crippen LogP contribution in [0.25, 0.3) is 0 Å². The van der Waals surface area contributed by atoms with Crippen molar-refractivity contribution in [1.29, 1.82) is 5.26 Å². The highest BCUT2D eigenvalue weighted by Gasteiger charge is 2.04. The summed E-state index contributed by atoms with van der Waals surface area (Å²) in [5.74, 6) is -0.524. The molecule has 4 nitrogen and oxygen atoms in total. The zero-order valence-corrected chi connectivity index (χ0v) is 9.59. The highest BCUT2D eigenvalue weighted by atomic mass is 19.1. The quantitative estimate of drug-likeness (QED) is 0.761. The largest absolute Gasteiger partial charge is 0.376 e. The van der Waals surface area contributed by atoms with Crippen LogP contribution in [0, 0.1) is 24.1 Å². The Morgan fingerprint density at radius 3 is 3.00 bits per heavy atom. The number of anilines is 1. The number of carbonyl (C=O) groups is 1. The summed E-state index contributed by atoms with van der Waals surface area (Å²) in [5.41, 5.74) is 1.08. The second kappa shape index (κ2) is 6.48. The first-order valence-corrected chi connectivity index (χ1v) is 5.27. The molecule has 90 valence electrons. The summed E-state index contributed by atoms with van der Waals surface area (Å²) in [5, 5.41) is 13.7. The van der Waals surface area contributed by atoms with Crippen molar-refractivity contribution in [1.82, 2.24) is 5.32 Å². The van der Waals surface area contributed by atoms with Crippen molar-refractivity contribution in [2.75, 3.05) is 18.4 Å². The average molecular weight is 235 g/mol. The summed E-state index contributed by atoms with van der Waals surface area (Å²) in [6.07, 6.45) is 0.282. The molecule has 0 aliphatic heterocycles. The molecule has 0 radical (unpaired) electrons. The number of rotatable bonds is 5. The topological polar surface area (TPSA) is 64.9 Å². The van der Waals surface area contributed by atoms with Gasteiger partial charge in [-0.25, -0.2) is 4.39 Å². The van der Waals surface area contributed by atoms with Gasteiger partial charge in [-0.2, -0.15) is 5.26 Å². The number of nitrogens with one attached hydrogen (secondary N) is 2. The van der Waals surface area contributed by atoms with E-state index in [0.717, 1.165) is 0 Å². The van der Waals surface area contributed by atoms with Crippen LogP contribution in [0.5, 0.6) is 0 Å². The van der Waals surface area contributed by atoms with Crippen LogP contribution in [-0.2, 0) is 4.79 Å². The van der Waals surface area contributed by atoms with Gasteiger partial charge >= 0.3 is 0 Å². The Hall–Kier alpha value is -2.09. The first-order valence-electron chi connectivity index (χ1n) is 5.27. The number of hydrogen-bond acceptors (Lipinski definition) is 3. The van der Waals surface area contributed by atoms with E-state index < -0.39 is 0 Å². The first-order chi connectivity index (χ1) is 8.15. The molecule has 0 saturated carbocycles. The normalized spacial score (nSPS) is 9.47. The van der Waals surface area contributed by atoms with Gasteiger partial charge < -0.3 is 10.6 Å². The van der Waals surface area contributed by atoms with Crippen molar-refractivity contribution in [3.05, 3.63) is 29.6 Å². The molecule has 0 unspecified atom stereocenters. The Morgan fingerprint density at radius 2 is 2.29 bits per heavy atom. The molecule has 1 aromatic rings. The lowest BCUT2D eigenvalue weighted by atomic mass is 10.2. The van der Waals surface area contributed by atoms with E-state index in [0.29, 0.717) is 17.8 Å². The van der Waals surface area contributed by atoms with Crippen LogP contribution >= 0.6 is 0 Å². The van der Waals surface area contributed by atoms with E-state index in [1.54, 1.807) is 19.1 Å². The number of halogens is 1. The molecule has 0 spiro atoms. The van der Waals surface area contributed by atoms with Gasteiger partial charge in [0, 0.05) is 17.8 Å². The van der Waals surface area contributed by atoms with Gasteiger partial charge in [-0.1, -0.05) is 6.07 Å². The van der Waals surface area contributed by atoms with E-state index in [9.17, 15) is 9.18 Å². The maximum absolute atomic E-state index is 13.2. The van der Waals surface area contributed by atoms with E-state index in [1.165, 1.54) is 6.07 Å². The zero-order chi connectivity index (χ0) is 12.7. The monoisotopic (exact) mass is 235 g/mol. The maximum Gasteiger partial charge on any atom is 0.239 e. The van der Waals surface area contributed by atoms with E-state index >= 15 is 0 Å². The van der Waals surface area contributed by atoms with Gasteiger partial charge in [0.25, 0.3) is 0 Å². The SMILES string of the molecule is Cc1c(F)cccc1NCC(=O)NCCC#N. The molecule has 5 heteroatoms. The van der Waals surface area contributed by atoms with Gasteiger partial charge in [0.05, 0.1) is 19.0 Å². The molecule has 0 saturated heterocycles. The fraction of sp³-hybridized carbons (Fsp3) is 0.333. The molecule has 17 heavy (non-hydrogen) atoms. The summed E-state index contributed by atoms with van der Waals surface area (Å²) in [6.45, 7) is 2.04. The third-order valence-corrected chi connectivity index (χ3v) is 2.27. The number of carbonyl (C=O) groups excluding carboxylic acids is 1. The van der Waals surface area contributed by atoms with Crippen molar-refractivity contribution < 1.29 is 9.18 Å². The van der Waals surface area contributed by atoms with Gasteiger partial charge in [0.15, 0.2) is 0 Å². The number of amides is 1. The molecular weight excluding hydrogens is 221 g/mol. The number of nitriles is 1. The van der Waals surface area contributed by atoms with Crippen LogP contribution in [0.1, 0.15) is 12.0 Å². The number of nitrogens with zero attached hydrogens (tertiary/aromatic N) is 1. The van der Waals surface area contributed by atoms with Crippen molar-refractivity contribution in [2.24, 2.45) is 0 Å². The highest BCUT2D eigenvalue weighted by molar-refractivity contribution is 5.80. The van der Waals surface area contributed by atoms with Crippen LogP contribution in [0.2, 0.25) is 0 Å². The van der Waals surface area contributed by atoms with Gasteiger partial charge in [0.1, 0.15) is 5.82 Å². The van der Waals surface area contributed by atoms with Gasteiger partial charge in [-0.15, -0.1) is 0 Å².